The van der Waals surface area contributed by atoms with Gasteiger partial charge in [0.15, 0.2) is 16.6 Å². The maximum Gasteiger partial charge on any atom is 0.301 e. The minimum Gasteiger partial charge on any atom is -0.507 e. The van der Waals surface area contributed by atoms with Crippen LogP contribution in [-0.2, 0) is 16.0 Å². The Kier molecular flexibility index (Phi) is 7.70. The van der Waals surface area contributed by atoms with Crippen LogP contribution in [0.5, 0.6) is 23.0 Å². The number of aliphatic hydroxyl groups is 1. The van der Waals surface area contributed by atoms with E-state index in [-0.39, 0.29) is 17.4 Å². The van der Waals surface area contributed by atoms with Crippen LogP contribution in [0.2, 0.25) is 0 Å². The lowest BCUT2D eigenvalue weighted by Gasteiger charge is -2.24. The Morgan fingerprint density at radius 1 is 1.07 bits per heavy atom. The number of fused-ring (bicyclic) bond motifs is 2. The molecule has 0 unspecified atom stereocenters. The Balaban J connectivity index is 1.50. The summed E-state index contributed by atoms with van der Waals surface area (Å²) in [7, 11) is 3.12. The first kappa shape index (κ1) is 28.5. The molecule has 222 valence electrons. The summed E-state index contributed by atoms with van der Waals surface area (Å²) in [6.07, 6.45) is 2.57. The lowest BCUT2D eigenvalue weighted by molar-refractivity contribution is -0.132. The molecule has 43 heavy (non-hydrogen) atoms. The molecule has 0 bridgehead atoms. The molecule has 3 aromatic carbocycles. The Morgan fingerprint density at radius 3 is 2.67 bits per heavy atom. The average Bonchev–Trinajstić information content (AvgIpc) is 3.68. The van der Waals surface area contributed by atoms with Crippen molar-refractivity contribution in [1.82, 2.24) is 4.98 Å². The zero-order valence-electron chi connectivity index (χ0n) is 24.4. The third-order valence-corrected chi connectivity index (χ3v) is 8.68. The van der Waals surface area contributed by atoms with Crippen molar-refractivity contribution in [2.75, 3.05) is 25.7 Å². The van der Waals surface area contributed by atoms with E-state index in [2.05, 4.69) is 6.92 Å². The number of thiazole rings is 1. The molecular formula is C33H32N2O7S. The quantitative estimate of drug-likeness (QED) is 0.101. The number of rotatable bonds is 9. The van der Waals surface area contributed by atoms with Crippen molar-refractivity contribution in [2.24, 2.45) is 0 Å². The summed E-state index contributed by atoms with van der Waals surface area (Å²) in [5, 5.41) is 12.0. The minimum atomic E-state index is -0.968. The van der Waals surface area contributed by atoms with Crippen LogP contribution >= 0.6 is 11.3 Å². The normalized spacial score (nSPS) is 19.0. The molecule has 1 fully saturated rings. The maximum absolute atomic E-state index is 13.8. The molecule has 2 aliphatic heterocycles. The monoisotopic (exact) mass is 600 g/mol. The fourth-order valence-corrected chi connectivity index (χ4v) is 6.51. The van der Waals surface area contributed by atoms with Crippen LogP contribution in [0.1, 0.15) is 49.4 Å². The van der Waals surface area contributed by atoms with Gasteiger partial charge in [0.1, 0.15) is 23.4 Å². The number of hydrogen-bond acceptors (Lipinski definition) is 9. The van der Waals surface area contributed by atoms with Crippen molar-refractivity contribution < 1.29 is 33.6 Å². The molecule has 1 N–H and O–H groups in total. The van der Waals surface area contributed by atoms with E-state index in [1.807, 2.05) is 19.1 Å². The summed E-state index contributed by atoms with van der Waals surface area (Å²) in [4.78, 5) is 33.6. The first-order chi connectivity index (χ1) is 20.8. The lowest BCUT2D eigenvalue weighted by Crippen LogP contribution is -2.29. The highest BCUT2D eigenvalue weighted by atomic mass is 32.1. The number of nitrogens with zero attached hydrogens (tertiary/aromatic N) is 2. The Labute approximate surface area is 253 Å². The van der Waals surface area contributed by atoms with Gasteiger partial charge < -0.3 is 24.1 Å². The molecule has 0 saturated carbocycles. The summed E-state index contributed by atoms with van der Waals surface area (Å²) in [6, 6.07) is 15.1. The molecule has 6 rings (SSSR count). The molecule has 0 spiro atoms. The Bertz CT molecular complexity index is 1760. The van der Waals surface area contributed by atoms with E-state index in [1.165, 1.54) is 23.3 Å². The van der Waals surface area contributed by atoms with Crippen molar-refractivity contribution in [2.45, 2.75) is 45.3 Å². The number of Topliss-reactive ketones (excluding diaryl/α,β-unsaturated/α-hetero) is 1. The number of aliphatic hydroxyl groups excluding tert-OH is 1. The van der Waals surface area contributed by atoms with Crippen molar-refractivity contribution in [3.05, 3.63) is 76.9 Å². The number of hydrogen-bond donors (Lipinski definition) is 1. The fraction of sp³-hybridized carbons (Fsp3) is 0.303. The average molecular weight is 601 g/mol. The van der Waals surface area contributed by atoms with Gasteiger partial charge in [-0.3, -0.25) is 14.5 Å². The molecule has 9 nitrogen and oxygen atoms in total. The van der Waals surface area contributed by atoms with Gasteiger partial charge in [0.05, 0.1) is 42.7 Å². The summed E-state index contributed by atoms with van der Waals surface area (Å²) in [6.45, 7) is 4.58. The number of ketones is 1. The first-order valence-electron chi connectivity index (χ1n) is 14.2. The van der Waals surface area contributed by atoms with Crippen LogP contribution in [0.4, 0.5) is 5.13 Å². The molecular weight excluding hydrogens is 568 g/mol. The van der Waals surface area contributed by atoms with Gasteiger partial charge in [0, 0.05) is 12.0 Å². The van der Waals surface area contributed by atoms with Crippen molar-refractivity contribution in [3.63, 3.8) is 0 Å². The number of benzene rings is 3. The van der Waals surface area contributed by atoms with E-state index in [9.17, 15) is 14.7 Å². The molecule has 1 saturated heterocycles. The smallest absolute Gasteiger partial charge is 0.301 e. The summed E-state index contributed by atoms with van der Waals surface area (Å²) < 4.78 is 23.6. The highest BCUT2D eigenvalue weighted by Gasteiger charge is 2.48. The minimum absolute atomic E-state index is 0.0150. The molecule has 0 radical (unpaired) electrons. The van der Waals surface area contributed by atoms with Crippen molar-refractivity contribution in [1.29, 1.82) is 0 Å². The predicted molar refractivity (Wildman–Crippen MR) is 165 cm³/mol. The third-order valence-electron chi connectivity index (χ3n) is 7.66. The number of amides is 1. The van der Waals surface area contributed by atoms with E-state index in [0.29, 0.717) is 52.1 Å². The molecule has 0 aliphatic carbocycles. The van der Waals surface area contributed by atoms with Gasteiger partial charge in [0.2, 0.25) is 0 Å². The number of carbonyl (C=O) groups excluding carboxylic acids is 2. The van der Waals surface area contributed by atoms with E-state index in [0.717, 1.165) is 28.9 Å². The van der Waals surface area contributed by atoms with Crippen LogP contribution in [0, 0.1) is 0 Å². The lowest BCUT2D eigenvalue weighted by atomic mass is 9.94. The number of aromatic nitrogens is 1. The van der Waals surface area contributed by atoms with Crippen LogP contribution in [0.3, 0.4) is 0 Å². The number of anilines is 1. The molecule has 10 heteroatoms. The fourth-order valence-electron chi connectivity index (χ4n) is 5.49. The van der Waals surface area contributed by atoms with Gasteiger partial charge in [-0.25, -0.2) is 4.98 Å². The second-order valence-electron chi connectivity index (χ2n) is 10.6. The van der Waals surface area contributed by atoms with Crippen LogP contribution < -0.4 is 23.8 Å². The number of ether oxygens (including phenoxy) is 4. The number of methoxy groups -OCH3 is 2. The largest absolute Gasteiger partial charge is 0.507 e. The van der Waals surface area contributed by atoms with E-state index in [1.54, 1.807) is 49.6 Å². The zero-order chi connectivity index (χ0) is 30.2. The van der Waals surface area contributed by atoms with Gasteiger partial charge in [0.25, 0.3) is 5.78 Å². The predicted octanol–water partition coefficient (Wildman–Crippen LogP) is 6.44. The highest BCUT2D eigenvalue weighted by molar-refractivity contribution is 7.22. The molecule has 4 aromatic rings. The van der Waals surface area contributed by atoms with E-state index in [4.69, 9.17) is 23.9 Å². The molecule has 2 atom stereocenters. The van der Waals surface area contributed by atoms with Gasteiger partial charge in [-0.15, -0.1) is 0 Å². The molecule has 3 heterocycles. The number of carbonyl (C=O) groups is 2. The molecule has 1 amide bonds. The third kappa shape index (κ3) is 5.16. The SMILES string of the molecule is CCCCOc1ccc([C@@H]2/C(=C(\O)c3ccc4c(c3)C[C@H](C)O4)C(=O)C(=O)N2c2nc3ccc(OC)cc3s2)cc1OC. The van der Waals surface area contributed by atoms with Crippen molar-refractivity contribution in [3.8, 4) is 23.0 Å². The second-order valence-corrected chi connectivity index (χ2v) is 11.6. The Hall–Kier alpha value is -4.57. The van der Waals surface area contributed by atoms with Gasteiger partial charge >= 0.3 is 5.91 Å². The van der Waals surface area contributed by atoms with E-state index < -0.39 is 17.7 Å². The second kappa shape index (κ2) is 11.6. The maximum atomic E-state index is 13.8. The summed E-state index contributed by atoms with van der Waals surface area (Å²) >= 11 is 1.27. The summed E-state index contributed by atoms with van der Waals surface area (Å²) in [5.41, 5.74) is 2.55. The summed E-state index contributed by atoms with van der Waals surface area (Å²) in [5.74, 6) is 0.560. The van der Waals surface area contributed by atoms with Gasteiger partial charge in [-0.05, 0) is 73.0 Å². The molecule has 1 aromatic heterocycles. The molecule has 2 aliphatic rings. The van der Waals surface area contributed by atoms with E-state index >= 15 is 0 Å². The first-order valence-corrected chi connectivity index (χ1v) is 15.0. The standard InChI is InChI=1S/C33H32N2O7S/c1-5-6-13-41-25-12-7-19(16-26(25)40-4)29-28(30(36)20-8-11-24-21(15-20)14-18(2)42-24)31(37)32(38)35(29)33-34-23-10-9-22(39-3)17-27(23)43-33/h7-12,15-18,29,36H,5-6,13-14H2,1-4H3/b30-28+/t18-,29+/m0/s1. The van der Waals surface area contributed by atoms with Crippen LogP contribution in [0.25, 0.3) is 16.0 Å². The van der Waals surface area contributed by atoms with Crippen LogP contribution in [-0.4, -0.2) is 48.7 Å². The van der Waals surface area contributed by atoms with Gasteiger partial charge in [-0.2, -0.15) is 0 Å². The zero-order valence-corrected chi connectivity index (χ0v) is 25.2. The number of unbranched alkanes of at least 4 members (excludes halogenated alkanes) is 1. The van der Waals surface area contributed by atoms with Crippen molar-refractivity contribution >= 4 is 44.1 Å². The van der Waals surface area contributed by atoms with Gasteiger partial charge in [-0.1, -0.05) is 30.7 Å². The Morgan fingerprint density at radius 2 is 1.91 bits per heavy atom. The van der Waals surface area contributed by atoms with Crippen LogP contribution in [0.15, 0.2) is 60.2 Å². The topological polar surface area (TPSA) is 107 Å². The highest BCUT2D eigenvalue weighted by Crippen LogP contribution is 2.46.